The molecule has 1 aromatic carbocycles. The number of piperidine rings is 1. The Morgan fingerprint density at radius 2 is 1.86 bits per heavy atom. The lowest BCUT2D eigenvalue weighted by Gasteiger charge is -2.36. The highest BCUT2D eigenvalue weighted by molar-refractivity contribution is 5.85. The van der Waals surface area contributed by atoms with Crippen molar-refractivity contribution in [2.24, 2.45) is 0 Å². The molecule has 0 aliphatic carbocycles. The molecule has 2 atom stereocenters. The highest BCUT2D eigenvalue weighted by Crippen LogP contribution is 2.24. The van der Waals surface area contributed by atoms with Crippen LogP contribution in [-0.4, -0.2) is 37.7 Å². The molecule has 0 spiro atoms. The third kappa shape index (κ3) is 3.63. The molecule has 0 saturated carbocycles. The van der Waals surface area contributed by atoms with Crippen molar-refractivity contribution in [2.45, 2.75) is 44.2 Å². The van der Waals surface area contributed by atoms with E-state index >= 15 is 0 Å². The number of benzene rings is 1. The number of hydrogen-bond donors (Lipinski definition) is 2. The van der Waals surface area contributed by atoms with E-state index in [-0.39, 0.29) is 17.9 Å². The normalized spacial score (nSPS) is 20.5. The van der Waals surface area contributed by atoms with Gasteiger partial charge in [0, 0.05) is 19.1 Å². The van der Waals surface area contributed by atoms with Gasteiger partial charge >= 0.3 is 0 Å². The minimum Gasteiger partial charge on any atom is -0.368 e. The van der Waals surface area contributed by atoms with Crippen molar-refractivity contribution in [1.29, 1.82) is 0 Å². The third-order valence-electron chi connectivity index (χ3n) is 4.65. The maximum absolute atomic E-state index is 12.6. The van der Waals surface area contributed by atoms with Crippen LogP contribution >= 0.6 is 0 Å². The zero-order chi connectivity index (χ0) is 15.3. The largest absolute Gasteiger partial charge is 0.368 e. The molecule has 2 unspecified atom stereocenters. The molecule has 1 aliphatic rings. The molecule has 4 heteroatoms. The first-order chi connectivity index (χ1) is 10.1. The number of hydrogen-bond acceptors (Lipinski definition) is 3. The van der Waals surface area contributed by atoms with E-state index in [9.17, 15) is 4.79 Å². The van der Waals surface area contributed by atoms with Gasteiger partial charge in [-0.1, -0.05) is 37.3 Å². The van der Waals surface area contributed by atoms with Gasteiger partial charge in [0.15, 0.2) is 0 Å². The van der Waals surface area contributed by atoms with E-state index < -0.39 is 5.60 Å². The molecule has 1 aliphatic heterocycles. The van der Waals surface area contributed by atoms with Gasteiger partial charge < -0.3 is 15.4 Å². The van der Waals surface area contributed by atoms with Crippen LogP contribution in [0.2, 0.25) is 0 Å². The van der Waals surface area contributed by atoms with Gasteiger partial charge in [-0.2, -0.15) is 0 Å². The summed E-state index contributed by atoms with van der Waals surface area (Å²) in [4.78, 5) is 12.6. The first-order valence-corrected chi connectivity index (χ1v) is 7.71. The average molecular weight is 290 g/mol. The Bertz CT molecular complexity index is 455. The van der Waals surface area contributed by atoms with E-state index in [1.54, 1.807) is 7.11 Å². The molecule has 0 radical (unpaired) electrons. The quantitative estimate of drug-likeness (QED) is 0.873. The molecule has 0 aromatic heterocycles. The van der Waals surface area contributed by atoms with E-state index in [2.05, 4.69) is 36.6 Å². The van der Waals surface area contributed by atoms with Crippen molar-refractivity contribution in [3.05, 3.63) is 35.9 Å². The van der Waals surface area contributed by atoms with Gasteiger partial charge in [-0.3, -0.25) is 4.79 Å². The molecule has 1 saturated heterocycles. The van der Waals surface area contributed by atoms with Gasteiger partial charge in [-0.05, 0) is 38.4 Å². The summed E-state index contributed by atoms with van der Waals surface area (Å²) in [5, 5.41) is 6.42. The Kier molecular flexibility index (Phi) is 5.37. The summed E-state index contributed by atoms with van der Waals surface area (Å²) in [6.45, 7) is 5.84. The van der Waals surface area contributed by atoms with Crippen LogP contribution in [0.25, 0.3) is 0 Å². The molecule has 1 aromatic rings. The van der Waals surface area contributed by atoms with E-state index in [1.165, 1.54) is 5.56 Å². The lowest BCUT2D eigenvalue weighted by atomic mass is 9.89. The van der Waals surface area contributed by atoms with Crippen LogP contribution in [-0.2, 0) is 9.53 Å². The number of nitrogens with one attached hydrogen (secondary N) is 2. The Hall–Kier alpha value is -1.39. The number of methoxy groups -OCH3 is 1. The van der Waals surface area contributed by atoms with Gasteiger partial charge in [-0.15, -0.1) is 0 Å². The van der Waals surface area contributed by atoms with Crippen LogP contribution in [0.15, 0.2) is 30.3 Å². The molecular formula is C17H26N2O2. The summed E-state index contributed by atoms with van der Waals surface area (Å²) in [6.07, 6.45) is 1.45. The van der Waals surface area contributed by atoms with Crippen molar-refractivity contribution in [2.75, 3.05) is 20.2 Å². The van der Waals surface area contributed by atoms with Crippen molar-refractivity contribution < 1.29 is 9.53 Å². The molecule has 2 rings (SSSR count). The second kappa shape index (κ2) is 7.05. The number of rotatable bonds is 5. The number of carbonyl (C=O) groups is 1. The van der Waals surface area contributed by atoms with Gasteiger partial charge in [0.1, 0.15) is 5.60 Å². The molecule has 1 amide bonds. The lowest BCUT2D eigenvalue weighted by Crippen LogP contribution is -2.56. The van der Waals surface area contributed by atoms with Gasteiger partial charge in [0.25, 0.3) is 5.91 Å². The third-order valence-corrected chi connectivity index (χ3v) is 4.65. The van der Waals surface area contributed by atoms with Crippen molar-refractivity contribution >= 4 is 5.91 Å². The minimum absolute atomic E-state index is 0.0155. The van der Waals surface area contributed by atoms with E-state index in [1.807, 2.05) is 18.2 Å². The second-order valence-corrected chi connectivity index (χ2v) is 5.91. The predicted molar refractivity (Wildman–Crippen MR) is 84.3 cm³/mol. The number of amides is 1. The predicted octanol–water partition coefficient (Wildman–Crippen LogP) is 2.06. The number of ether oxygens (including phenoxy) is 1. The van der Waals surface area contributed by atoms with Crippen molar-refractivity contribution in [1.82, 2.24) is 10.6 Å². The lowest BCUT2D eigenvalue weighted by molar-refractivity contribution is -0.147. The van der Waals surface area contributed by atoms with Crippen LogP contribution in [0.5, 0.6) is 0 Å². The Morgan fingerprint density at radius 3 is 2.43 bits per heavy atom. The molecule has 2 N–H and O–H groups in total. The zero-order valence-electron chi connectivity index (χ0n) is 13.2. The monoisotopic (exact) mass is 290 g/mol. The molecule has 0 bridgehead atoms. The summed E-state index contributed by atoms with van der Waals surface area (Å²) in [5.74, 6) is 0.285. The van der Waals surface area contributed by atoms with E-state index in [0.717, 1.165) is 25.9 Å². The first-order valence-electron chi connectivity index (χ1n) is 7.71. The standard InChI is InChI=1S/C17H26N2O2/c1-13(15-7-5-4-6-8-15)14(2)19-16(20)17(21-3)9-11-18-12-10-17/h4-8,13-14,18H,9-12H2,1-3H3,(H,19,20). The molecule has 21 heavy (non-hydrogen) atoms. The van der Waals surface area contributed by atoms with Crippen LogP contribution in [0.4, 0.5) is 0 Å². The van der Waals surface area contributed by atoms with Crippen LogP contribution < -0.4 is 10.6 Å². The maximum atomic E-state index is 12.6. The second-order valence-electron chi connectivity index (χ2n) is 5.91. The molecule has 116 valence electrons. The summed E-state index contributed by atoms with van der Waals surface area (Å²) in [6, 6.07) is 10.3. The molecule has 1 heterocycles. The summed E-state index contributed by atoms with van der Waals surface area (Å²) in [7, 11) is 1.64. The first kappa shape index (κ1) is 16.0. The molecular weight excluding hydrogens is 264 g/mol. The van der Waals surface area contributed by atoms with Crippen LogP contribution in [0.3, 0.4) is 0 Å². The van der Waals surface area contributed by atoms with Crippen LogP contribution in [0, 0.1) is 0 Å². The Morgan fingerprint density at radius 1 is 1.24 bits per heavy atom. The molecule has 1 fully saturated rings. The smallest absolute Gasteiger partial charge is 0.252 e. The summed E-state index contributed by atoms with van der Waals surface area (Å²) in [5.41, 5.74) is 0.567. The maximum Gasteiger partial charge on any atom is 0.252 e. The van der Waals surface area contributed by atoms with E-state index in [4.69, 9.17) is 4.74 Å². The zero-order valence-corrected chi connectivity index (χ0v) is 13.2. The average Bonchev–Trinajstić information content (AvgIpc) is 2.55. The van der Waals surface area contributed by atoms with Gasteiger partial charge in [0.05, 0.1) is 0 Å². The summed E-state index contributed by atoms with van der Waals surface area (Å²) < 4.78 is 5.57. The van der Waals surface area contributed by atoms with Gasteiger partial charge in [-0.25, -0.2) is 0 Å². The molecule has 4 nitrogen and oxygen atoms in total. The van der Waals surface area contributed by atoms with E-state index in [0.29, 0.717) is 0 Å². The fourth-order valence-electron chi connectivity index (χ4n) is 2.86. The van der Waals surface area contributed by atoms with Gasteiger partial charge in [0.2, 0.25) is 0 Å². The SMILES string of the molecule is COC1(C(=O)NC(C)C(C)c2ccccc2)CCNCC1. The highest BCUT2D eigenvalue weighted by Gasteiger charge is 2.40. The van der Waals surface area contributed by atoms with Crippen LogP contribution in [0.1, 0.15) is 38.2 Å². The summed E-state index contributed by atoms with van der Waals surface area (Å²) >= 11 is 0. The Labute approximate surface area is 127 Å². The van der Waals surface area contributed by atoms with Crippen molar-refractivity contribution in [3.8, 4) is 0 Å². The number of carbonyl (C=O) groups excluding carboxylic acids is 1. The highest BCUT2D eigenvalue weighted by atomic mass is 16.5. The minimum atomic E-state index is -0.671. The fraction of sp³-hybridized carbons (Fsp3) is 0.588. The topological polar surface area (TPSA) is 50.4 Å². The fourth-order valence-corrected chi connectivity index (χ4v) is 2.86. The van der Waals surface area contributed by atoms with Crippen molar-refractivity contribution in [3.63, 3.8) is 0 Å². The Balaban J connectivity index is 2.01.